The maximum atomic E-state index is 12.7. The fourth-order valence-electron chi connectivity index (χ4n) is 4.14. The molecule has 1 aromatic rings. The van der Waals surface area contributed by atoms with E-state index in [-0.39, 0.29) is 24.2 Å². The lowest BCUT2D eigenvalue weighted by atomic mass is 9.94. The van der Waals surface area contributed by atoms with Gasteiger partial charge in [-0.05, 0) is 43.2 Å². The third kappa shape index (κ3) is 4.04. The summed E-state index contributed by atoms with van der Waals surface area (Å²) in [6, 6.07) is 9.61. The number of rotatable bonds is 5. The number of benzene rings is 1. The van der Waals surface area contributed by atoms with Gasteiger partial charge in [-0.15, -0.1) is 12.4 Å². The number of hydrogen-bond donors (Lipinski definition) is 1. The van der Waals surface area contributed by atoms with Crippen molar-refractivity contribution in [3.8, 4) is 5.75 Å². The largest absolute Gasteiger partial charge is 0.496 e. The van der Waals surface area contributed by atoms with E-state index in [0.29, 0.717) is 24.5 Å². The van der Waals surface area contributed by atoms with Gasteiger partial charge in [-0.3, -0.25) is 4.79 Å². The second-order valence-electron chi connectivity index (χ2n) is 7.11. The average Bonchev–Trinajstić information content (AvgIpc) is 2.91. The van der Waals surface area contributed by atoms with Crippen LogP contribution >= 0.6 is 12.4 Å². The van der Waals surface area contributed by atoms with Crippen molar-refractivity contribution in [1.29, 1.82) is 0 Å². The standard InChI is InChI=1S/C19H28N2O2.ClH/c1-13(17-6-4-5-7-18(17)23-3)10-19(22)21(2)16-11-14-8-9-15(12-16)20-14;/h4-7,13-16,20H,8-12H2,1-3H3;1H. The molecule has 0 radical (unpaired) electrons. The number of carbonyl (C=O) groups excluding carboxylic acids is 1. The van der Waals surface area contributed by atoms with Crippen molar-refractivity contribution in [2.45, 2.75) is 63.1 Å². The van der Waals surface area contributed by atoms with E-state index in [1.807, 2.05) is 30.1 Å². The van der Waals surface area contributed by atoms with Gasteiger partial charge in [0.1, 0.15) is 5.75 Å². The Labute approximate surface area is 151 Å². The second kappa shape index (κ2) is 8.21. The van der Waals surface area contributed by atoms with Gasteiger partial charge in [0.25, 0.3) is 0 Å². The molecule has 3 unspecified atom stereocenters. The molecule has 1 N–H and O–H groups in total. The number of ether oxygens (including phenoxy) is 1. The molecule has 2 bridgehead atoms. The zero-order valence-corrected chi connectivity index (χ0v) is 15.6. The highest BCUT2D eigenvalue weighted by Gasteiger charge is 2.36. The highest BCUT2D eigenvalue weighted by molar-refractivity contribution is 5.85. The van der Waals surface area contributed by atoms with Crippen LogP contribution in [-0.2, 0) is 4.79 Å². The van der Waals surface area contributed by atoms with Crippen LogP contribution < -0.4 is 10.1 Å². The Morgan fingerprint density at radius 1 is 1.29 bits per heavy atom. The summed E-state index contributed by atoms with van der Waals surface area (Å²) in [5, 5.41) is 3.64. The van der Waals surface area contributed by atoms with Crippen LogP contribution in [0.4, 0.5) is 0 Å². The lowest BCUT2D eigenvalue weighted by Gasteiger charge is -2.36. The first kappa shape index (κ1) is 19.1. The van der Waals surface area contributed by atoms with Crippen LogP contribution in [0, 0.1) is 0 Å². The lowest BCUT2D eigenvalue weighted by molar-refractivity contribution is -0.133. The molecule has 3 atom stereocenters. The summed E-state index contributed by atoms with van der Waals surface area (Å²) in [4.78, 5) is 14.7. The predicted octanol–water partition coefficient (Wildman–Crippen LogP) is 3.35. The first-order valence-electron chi connectivity index (χ1n) is 8.73. The van der Waals surface area contributed by atoms with E-state index in [2.05, 4.69) is 18.3 Å². The van der Waals surface area contributed by atoms with Gasteiger partial charge in [0.05, 0.1) is 7.11 Å². The van der Waals surface area contributed by atoms with E-state index in [1.54, 1.807) is 7.11 Å². The molecule has 2 saturated heterocycles. The van der Waals surface area contributed by atoms with Crippen LogP contribution in [0.2, 0.25) is 0 Å². The lowest BCUT2D eigenvalue weighted by Crippen LogP contribution is -2.48. The maximum Gasteiger partial charge on any atom is 0.223 e. The molecule has 24 heavy (non-hydrogen) atoms. The number of methoxy groups -OCH3 is 1. The van der Waals surface area contributed by atoms with Crippen LogP contribution in [-0.4, -0.2) is 43.1 Å². The number of amides is 1. The molecular weight excluding hydrogens is 324 g/mol. The molecule has 0 spiro atoms. The van der Waals surface area contributed by atoms with Crippen molar-refractivity contribution in [2.75, 3.05) is 14.2 Å². The van der Waals surface area contributed by atoms with E-state index in [1.165, 1.54) is 12.8 Å². The first-order valence-corrected chi connectivity index (χ1v) is 8.73. The Hall–Kier alpha value is -1.26. The fourth-order valence-corrected chi connectivity index (χ4v) is 4.14. The molecule has 0 aliphatic carbocycles. The van der Waals surface area contributed by atoms with Crippen LogP contribution in [0.3, 0.4) is 0 Å². The van der Waals surface area contributed by atoms with Crippen LogP contribution in [0.1, 0.15) is 50.5 Å². The summed E-state index contributed by atoms with van der Waals surface area (Å²) < 4.78 is 5.43. The van der Waals surface area contributed by atoms with Gasteiger partial charge in [-0.1, -0.05) is 25.1 Å². The Morgan fingerprint density at radius 3 is 2.54 bits per heavy atom. The molecule has 4 nitrogen and oxygen atoms in total. The zero-order valence-electron chi connectivity index (χ0n) is 14.8. The highest BCUT2D eigenvalue weighted by Crippen LogP contribution is 2.32. The molecule has 3 rings (SSSR count). The number of hydrogen-bond acceptors (Lipinski definition) is 3. The van der Waals surface area contributed by atoms with Crippen molar-refractivity contribution < 1.29 is 9.53 Å². The smallest absolute Gasteiger partial charge is 0.223 e. The van der Waals surface area contributed by atoms with Gasteiger partial charge in [-0.25, -0.2) is 0 Å². The summed E-state index contributed by atoms with van der Waals surface area (Å²) in [7, 11) is 3.66. The summed E-state index contributed by atoms with van der Waals surface area (Å²) >= 11 is 0. The van der Waals surface area contributed by atoms with Crippen molar-refractivity contribution in [1.82, 2.24) is 10.2 Å². The quantitative estimate of drug-likeness (QED) is 0.883. The third-order valence-corrected chi connectivity index (χ3v) is 5.54. The summed E-state index contributed by atoms with van der Waals surface area (Å²) in [6.45, 7) is 2.11. The van der Waals surface area contributed by atoms with Gasteiger partial charge >= 0.3 is 0 Å². The number of piperidine rings is 1. The molecule has 0 saturated carbocycles. The first-order chi connectivity index (χ1) is 11.1. The average molecular weight is 353 g/mol. The second-order valence-corrected chi connectivity index (χ2v) is 7.11. The maximum absolute atomic E-state index is 12.7. The Bertz CT molecular complexity index is 554. The van der Waals surface area contributed by atoms with Gasteiger partial charge in [0.2, 0.25) is 5.91 Å². The van der Waals surface area contributed by atoms with Crippen LogP contribution in [0.15, 0.2) is 24.3 Å². The Balaban J connectivity index is 0.00000208. The van der Waals surface area contributed by atoms with Crippen molar-refractivity contribution in [3.63, 3.8) is 0 Å². The van der Waals surface area contributed by atoms with Crippen LogP contribution in [0.25, 0.3) is 0 Å². The topological polar surface area (TPSA) is 41.6 Å². The van der Waals surface area contributed by atoms with Gasteiger partial charge < -0.3 is 15.0 Å². The van der Waals surface area contributed by atoms with E-state index in [9.17, 15) is 4.79 Å². The summed E-state index contributed by atoms with van der Waals surface area (Å²) in [6.07, 6.45) is 5.27. The Kier molecular flexibility index (Phi) is 6.53. The minimum absolute atomic E-state index is 0. The number of halogens is 1. The van der Waals surface area contributed by atoms with E-state index in [4.69, 9.17) is 4.74 Å². The molecule has 2 heterocycles. The monoisotopic (exact) mass is 352 g/mol. The molecule has 1 aromatic carbocycles. The van der Waals surface area contributed by atoms with Crippen molar-refractivity contribution >= 4 is 18.3 Å². The Morgan fingerprint density at radius 2 is 1.92 bits per heavy atom. The SMILES string of the molecule is COc1ccccc1C(C)CC(=O)N(C)C1CC2CCC(C1)N2.Cl. The molecule has 0 aromatic heterocycles. The number of fused-ring (bicyclic) bond motifs is 2. The van der Waals surface area contributed by atoms with Gasteiger partial charge in [0, 0.05) is 31.6 Å². The van der Waals surface area contributed by atoms with Crippen molar-refractivity contribution in [2.24, 2.45) is 0 Å². The van der Waals surface area contributed by atoms with E-state index >= 15 is 0 Å². The molecule has 2 aliphatic rings. The number of nitrogens with zero attached hydrogens (tertiary/aromatic N) is 1. The summed E-state index contributed by atoms with van der Waals surface area (Å²) in [5.41, 5.74) is 1.11. The van der Waals surface area contributed by atoms with Gasteiger partial charge in [0.15, 0.2) is 0 Å². The predicted molar refractivity (Wildman–Crippen MR) is 99.0 cm³/mol. The minimum Gasteiger partial charge on any atom is -0.496 e. The van der Waals surface area contributed by atoms with E-state index in [0.717, 1.165) is 24.2 Å². The number of nitrogens with one attached hydrogen (secondary N) is 1. The van der Waals surface area contributed by atoms with Crippen LogP contribution in [0.5, 0.6) is 5.75 Å². The molecular formula is C19H29ClN2O2. The normalized spacial score (nSPS) is 26.4. The van der Waals surface area contributed by atoms with Crippen molar-refractivity contribution in [3.05, 3.63) is 29.8 Å². The number of carbonyl (C=O) groups is 1. The van der Waals surface area contributed by atoms with Gasteiger partial charge in [-0.2, -0.15) is 0 Å². The highest BCUT2D eigenvalue weighted by atomic mass is 35.5. The number of para-hydroxylation sites is 1. The van der Waals surface area contributed by atoms with E-state index < -0.39 is 0 Å². The minimum atomic E-state index is 0. The molecule has 2 fully saturated rings. The summed E-state index contributed by atoms with van der Waals surface area (Å²) in [5.74, 6) is 1.28. The molecule has 1 amide bonds. The molecule has 5 heteroatoms. The third-order valence-electron chi connectivity index (χ3n) is 5.54. The zero-order chi connectivity index (χ0) is 16.4. The molecule has 134 valence electrons. The molecule has 2 aliphatic heterocycles. The fraction of sp³-hybridized carbons (Fsp3) is 0.632.